The molecule has 102 valence electrons. The van der Waals surface area contributed by atoms with Gasteiger partial charge >= 0.3 is 0 Å². The molecule has 2 nitrogen and oxygen atoms in total. The predicted octanol–water partition coefficient (Wildman–Crippen LogP) is 4.52. The van der Waals surface area contributed by atoms with Gasteiger partial charge < -0.3 is 9.47 Å². The number of alkyl halides is 1. The molecular formula is C14H27ClO2. The molecule has 0 aromatic heterocycles. The summed E-state index contributed by atoms with van der Waals surface area (Å²) in [5.74, 6) is 0.693. The largest absolute Gasteiger partial charge is 0.355 e. The van der Waals surface area contributed by atoms with E-state index in [1.54, 1.807) is 0 Å². The van der Waals surface area contributed by atoms with Crippen molar-refractivity contribution in [3.63, 3.8) is 0 Å². The minimum atomic E-state index is 0.428. The van der Waals surface area contributed by atoms with E-state index in [4.69, 9.17) is 21.1 Å². The minimum absolute atomic E-state index is 0.428. The zero-order valence-electron chi connectivity index (χ0n) is 11.1. The molecule has 0 heterocycles. The molecule has 0 rings (SSSR count). The number of halogens is 1. The second kappa shape index (κ2) is 16.0. The molecule has 0 radical (unpaired) electrons. The SMILES string of the molecule is CCCCCCCOCOCCC=CCCCl. The van der Waals surface area contributed by atoms with Crippen LogP contribution in [0.1, 0.15) is 51.9 Å². The van der Waals surface area contributed by atoms with E-state index in [0.29, 0.717) is 12.7 Å². The molecule has 0 saturated carbocycles. The van der Waals surface area contributed by atoms with Gasteiger partial charge in [-0.3, -0.25) is 0 Å². The summed E-state index contributed by atoms with van der Waals surface area (Å²) < 4.78 is 10.7. The summed E-state index contributed by atoms with van der Waals surface area (Å²) in [5, 5.41) is 0. The Labute approximate surface area is 111 Å². The summed E-state index contributed by atoms with van der Waals surface area (Å²) in [4.78, 5) is 0. The molecule has 0 amide bonds. The van der Waals surface area contributed by atoms with Crippen LogP contribution in [0, 0.1) is 0 Å². The number of hydrogen-bond donors (Lipinski definition) is 0. The maximum absolute atomic E-state index is 5.54. The Morgan fingerprint density at radius 1 is 0.882 bits per heavy atom. The van der Waals surface area contributed by atoms with Crippen molar-refractivity contribution in [2.45, 2.75) is 51.9 Å². The van der Waals surface area contributed by atoms with Crippen LogP contribution in [-0.2, 0) is 9.47 Å². The second-order valence-electron chi connectivity index (χ2n) is 4.09. The van der Waals surface area contributed by atoms with Gasteiger partial charge in [-0.25, -0.2) is 0 Å². The highest BCUT2D eigenvalue weighted by Gasteiger charge is 1.90. The van der Waals surface area contributed by atoms with Gasteiger partial charge in [-0.05, 0) is 19.3 Å². The molecule has 0 aliphatic rings. The predicted molar refractivity (Wildman–Crippen MR) is 74.6 cm³/mol. The molecule has 0 saturated heterocycles. The Morgan fingerprint density at radius 3 is 2.35 bits per heavy atom. The third kappa shape index (κ3) is 15.9. The molecule has 0 atom stereocenters. The summed E-state index contributed by atoms with van der Waals surface area (Å²) >= 11 is 5.54. The van der Waals surface area contributed by atoms with E-state index in [1.807, 2.05) is 0 Å². The van der Waals surface area contributed by atoms with Gasteiger partial charge in [0.25, 0.3) is 0 Å². The molecular weight excluding hydrogens is 236 g/mol. The number of ether oxygens (including phenoxy) is 2. The lowest BCUT2D eigenvalue weighted by molar-refractivity contribution is -0.0531. The zero-order valence-corrected chi connectivity index (χ0v) is 11.9. The topological polar surface area (TPSA) is 18.5 Å². The van der Waals surface area contributed by atoms with E-state index >= 15 is 0 Å². The number of hydrogen-bond acceptors (Lipinski definition) is 2. The van der Waals surface area contributed by atoms with Gasteiger partial charge in [0.15, 0.2) is 0 Å². The highest BCUT2D eigenvalue weighted by atomic mass is 35.5. The Morgan fingerprint density at radius 2 is 1.59 bits per heavy atom. The smallest absolute Gasteiger partial charge is 0.146 e. The van der Waals surface area contributed by atoms with Gasteiger partial charge in [-0.1, -0.05) is 44.8 Å². The first kappa shape index (κ1) is 16.9. The van der Waals surface area contributed by atoms with Crippen LogP contribution < -0.4 is 0 Å². The number of rotatable bonds is 13. The molecule has 0 aliphatic carbocycles. The van der Waals surface area contributed by atoms with Gasteiger partial charge in [0.05, 0.1) is 6.61 Å². The highest BCUT2D eigenvalue weighted by molar-refractivity contribution is 6.17. The van der Waals surface area contributed by atoms with Crippen LogP contribution in [0.5, 0.6) is 0 Å². The van der Waals surface area contributed by atoms with Gasteiger partial charge in [0.2, 0.25) is 0 Å². The van der Waals surface area contributed by atoms with Gasteiger partial charge in [0, 0.05) is 12.5 Å². The molecule has 0 bridgehead atoms. The molecule has 0 fully saturated rings. The maximum Gasteiger partial charge on any atom is 0.146 e. The van der Waals surface area contributed by atoms with Crippen LogP contribution in [0.3, 0.4) is 0 Å². The summed E-state index contributed by atoms with van der Waals surface area (Å²) in [6.07, 6.45) is 12.5. The Bertz CT molecular complexity index is 160. The molecule has 0 N–H and O–H groups in total. The first-order valence-corrected chi connectivity index (χ1v) is 7.31. The first-order chi connectivity index (χ1) is 8.41. The van der Waals surface area contributed by atoms with Crippen molar-refractivity contribution < 1.29 is 9.47 Å². The summed E-state index contributed by atoms with van der Waals surface area (Å²) in [7, 11) is 0. The van der Waals surface area contributed by atoms with E-state index in [9.17, 15) is 0 Å². The van der Waals surface area contributed by atoms with Crippen molar-refractivity contribution >= 4 is 11.6 Å². The third-order valence-corrected chi connectivity index (χ3v) is 2.65. The van der Waals surface area contributed by atoms with Crippen molar-refractivity contribution in [2.24, 2.45) is 0 Å². The molecule has 0 aromatic carbocycles. The van der Waals surface area contributed by atoms with Crippen LogP contribution in [0.2, 0.25) is 0 Å². The Balaban J connectivity index is 2.94. The quantitative estimate of drug-likeness (QED) is 0.210. The van der Waals surface area contributed by atoms with Crippen molar-refractivity contribution in [3.05, 3.63) is 12.2 Å². The average molecular weight is 263 g/mol. The van der Waals surface area contributed by atoms with E-state index < -0.39 is 0 Å². The Kier molecular flexibility index (Phi) is 15.9. The fourth-order valence-corrected chi connectivity index (χ4v) is 1.56. The molecule has 0 spiro atoms. The Hall–Kier alpha value is -0.0500. The maximum atomic E-state index is 5.54. The lowest BCUT2D eigenvalue weighted by atomic mass is 10.2. The van der Waals surface area contributed by atoms with Crippen LogP contribution >= 0.6 is 11.6 Å². The van der Waals surface area contributed by atoms with Crippen LogP contribution in [-0.4, -0.2) is 25.9 Å². The van der Waals surface area contributed by atoms with Crippen LogP contribution in [0.15, 0.2) is 12.2 Å². The molecule has 3 heteroatoms. The normalized spacial score (nSPS) is 11.4. The van der Waals surface area contributed by atoms with E-state index in [2.05, 4.69) is 19.1 Å². The molecule has 0 unspecified atom stereocenters. The van der Waals surface area contributed by atoms with Gasteiger partial charge in [-0.15, -0.1) is 11.6 Å². The molecule has 0 aromatic rings. The number of unbranched alkanes of at least 4 members (excludes halogenated alkanes) is 4. The molecule has 17 heavy (non-hydrogen) atoms. The third-order valence-electron chi connectivity index (χ3n) is 2.43. The van der Waals surface area contributed by atoms with Crippen molar-refractivity contribution in [3.8, 4) is 0 Å². The van der Waals surface area contributed by atoms with E-state index in [-0.39, 0.29) is 0 Å². The highest BCUT2D eigenvalue weighted by Crippen LogP contribution is 2.02. The van der Waals surface area contributed by atoms with Crippen molar-refractivity contribution in [1.82, 2.24) is 0 Å². The van der Waals surface area contributed by atoms with E-state index in [0.717, 1.165) is 32.5 Å². The van der Waals surface area contributed by atoms with E-state index in [1.165, 1.54) is 25.7 Å². The standard InChI is InChI=1S/C14H27ClO2/c1-2-3-4-6-9-12-16-14-17-13-10-7-5-8-11-15/h5,7H,2-4,6,8-14H2,1H3. The first-order valence-electron chi connectivity index (χ1n) is 6.78. The van der Waals surface area contributed by atoms with Gasteiger partial charge in [0.1, 0.15) is 6.79 Å². The summed E-state index contributed by atoms with van der Waals surface area (Å²) in [6.45, 7) is 4.21. The average Bonchev–Trinajstić information content (AvgIpc) is 2.35. The van der Waals surface area contributed by atoms with Gasteiger partial charge in [-0.2, -0.15) is 0 Å². The summed E-state index contributed by atoms with van der Waals surface area (Å²) in [5.41, 5.74) is 0. The number of allylic oxidation sites excluding steroid dienone is 1. The van der Waals surface area contributed by atoms with Crippen molar-refractivity contribution in [2.75, 3.05) is 25.9 Å². The molecule has 0 aliphatic heterocycles. The summed E-state index contributed by atoms with van der Waals surface area (Å²) in [6, 6.07) is 0. The lowest BCUT2D eigenvalue weighted by Crippen LogP contribution is -2.02. The fraction of sp³-hybridized carbons (Fsp3) is 0.857. The second-order valence-corrected chi connectivity index (χ2v) is 4.46. The van der Waals surface area contributed by atoms with Crippen LogP contribution in [0.4, 0.5) is 0 Å². The monoisotopic (exact) mass is 262 g/mol. The lowest BCUT2D eigenvalue weighted by Gasteiger charge is -2.04. The van der Waals surface area contributed by atoms with Crippen molar-refractivity contribution in [1.29, 1.82) is 0 Å². The fourth-order valence-electron chi connectivity index (χ4n) is 1.43. The minimum Gasteiger partial charge on any atom is -0.355 e. The van der Waals surface area contributed by atoms with Crippen LogP contribution in [0.25, 0.3) is 0 Å². The zero-order chi connectivity index (χ0) is 12.6.